The lowest BCUT2D eigenvalue weighted by molar-refractivity contribution is -0.401. The Hall–Kier alpha value is -2.90. The molecular weight excluding hydrogens is 302 g/mol. The predicted octanol–water partition coefficient (Wildman–Crippen LogP) is 1.79. The molecule has 1 atom stereocenters. The third kappa shape index (κ3) is 4.29. The zero-order valence-corrected chi connectivity index (χ0v) is 12.8. The topological polar surface area (TPSA) is 102 Å². The van der Waals surface area contributed by atoms with Crippen LogP contribution in [0.5, 0.6) is 0 Å². The molecule has 1 heterocycles. The molecule has 0 aliphatic carbocycles. The monoisotopic (exact) mass is 319 g/mol. The van der Waals surface area contributed by atoms with E-state index in [0.29, 0.717) is 23.4 Å². The SMILES string of the molecule is CC(=O)NCC1CN(c2ccc(/C(C)=C/[N+](=O)[O-])cc2)C(=O)O1. The first kappa shape index (κ1) is 16.5. The minimum atomic E-state index is -0.506. The van der Waals surface area contributed by atoms with Crippen molar-refractivity contribution in [1.29, 1.82) is 0 Å². The van der Waals surface area contributed by atoms with Crippen molar-refractivity contribution >= 4 is 23.3 Å². The van der Waals surface area contributed by atoms with Crippen molar-refractivity contribution in [2.24, 2.45) is 0 Å². The van der Waals surface area contributed by atoms with Gasteiger partial charge < -0.3 is 10.1 Å². The Morgan fingerprint density at radius 3 is 2.65 bits per heavy atom. The minimum absolute atomic E-state index is 0.183. The van der Waals surface area contributed by atoms with Crippen LogP contribution in [0.15, 0.2) is 30.5 Å². The van der Waals surface area contributed by atoms with E-state index >= 15 is 0 Å². The number of hydrogen-bond donors (Lipinski definition) is 1. The highest BCUT2D eigenvalue weighted by atomic mass is 16.6. The average Bonchev–Trinajstić information content (AvgIpc) is 2.85. The van der Waals surface area contributed by atoms with E-state index in [2.05, 4.69) is 5.32 Å². The number of nitrogens with one attached hydrogen (secondary N) is 1. The van der Waals surface area contributed by atoms with E-state index in [9.17, 15) is 19.7 Å². The summed E-state index contributed by atoms with van der Waals surface area (Å²) in [6.07, 6.45) is 0.0515. The van der Waals surface area contributed by atoms with Gasteiger partial charge in [0.2, 0.25) is 12.1 Å². The number of carbonyl (C=O) groups is 2. The Bertz CT molecular complexity index is 654. The molecule has 1 saturated heterocycles. The van der Waals surface area contributed by atoms with Crippen LogP contribution in [0.3, 0.4) is 0 Å². The fourth-order valence-corrected chi connectivity index (χ4v) is 2.23. The van der Waals surface area contributed by atoms with Gasteiger partial charge in [-0.2, -0.15) is 0 Å². The van der Waals surface area contributed by atoms with Crippen LogP contribution in [-0.4, -0.2) is 36.1 Å². The molecule has 8 heteroatoms. The summed E-state index contributed by atoms with van der Waals surface area (Å²) in [5.74, 6) is -0.183. The van der Waals surface area contributed by atoms with Crippen molar-refractivity contribution in [2.75, 3.05) is 18.0 Å². The lowest BCUT2D eigenvalue weighted by Crippen LogP contribution is -2.33. The van der Waals surface area contributed by atoms with Crippen LogP contribution in [0.1, 0.15) is 19.4 Å². The predicted molar refractivity (Wildman–Crippen MR) is 83.4 cm³/mol. The number of carbonyl (C=O) groups excluding carboxylic acids is 2. The average molecular weight is 319 g/mol. The summed E-state index contributed by atoms with van der Waals surface area (Å²) >= 11 is 0. The van der Waals surface area contributed by atoms with Gasteiger partial charge in [0, 0.05) is 18.2 Å². The van der Waals surface area contributed by atoms with Gasteiger partial charge in [-0.25, -0.2) is 4.79 Å². The molecule has 0 aromatic heterocycles. The van der Waals surface area contributed by atoms with Gasteiger partial charge in [-0.3, -0.25) is 19.8 Å². The summed E-state index contributed by atoms with van der Waals surface area (Å²) in [4.78, 5) is 34.2. The van der Waals surface area contributed by atoms with Crippen LogP contribution >= 0.6 is 0 Å². The molecule has 1 unspecified atom stereocenters. The van der Waals surface area contributed by atoms with Gasteiger partial charge in [0.25, 0.3) is 0 Å². The molecule has 1 aliphatic heterocycles. The Morgan fingerprint density at radius 1 is 1.43 bits per heavy atom. The van der Waals surface area contributed by atoms with Gasteiger partial charge in [0.05, 0.1) is 18.0 Å². The van der Waals surface area contributed by atoms with E-state index in [-0.39, 0.29) is 12.5 Å². The van der Waals surface area contributed by atoms with Crippen LogP contribution in [-0.2, 0) is 9.53 Å². The molecule has 1 aromatic carbocycles. The molecule has 1 aromatic rings. The first-order valence-corrected chi connectivity index (χ1v) is 7.01. The fourth-order valence-electron chi connectivity index (χ4n) is 2.23. The summed E-state index contributed by atoms with van der Waals surface area (Å²) in [6.45, 7) is 3.64. The molecule has 8 nitrogen and oxygen atoms in total. The van der Waals surface area contributed by atoms with E-state index in [1.165, 1.54) is 11.8 Å². The number of ether oxygens (including phenoxy) is 1. The smallest absolute Gasteiger partial charge is 0.414 e. The highest BCUT2D eigenvalue weighted by Gasteiger charge is 2.32. The van der Waals surface area contributed by atoms with Gasteiger partial charge in [-0.05, 0) is 24.6 Å². The minimum Gasteiger partial charge on any atom is -0.442 e. The van der Waals surface area contributed by atoms with Crippen molar-refractivity contribution in [3.8, 4) is 0 Å². The van der Waals surface area contributed by atoms with Crippen LogP contribution in [0.4, 0.5) is 10.5 Å². The summed E-state index contributed by atoms with van der Waals surface area (Å²) in [7, 11) is 0. The lowest BCUT2D eigenvalue weighted by Gasteiger charge is -2.13. The Labute approximate surface area is 132 Å². The Kier molecular flexibility index (Phi) is 4.95. The first-order chi connectivity index (χ1) is 10.9. The molecule has 2 rings (SSSR count). The maximum Gasteiger partial charge on any atom is 0.414 e. The standard InChI is InChI=1S/C15H17N3O5/c1-10(8-18(21)22)12-3-5-13(6-4-12)17-9-14(23-15(17)20)7-16-11(2)19/h3-6,8,14H,7,9H2,1-2H3,(H,16,19)/b10-8+. The van der Waals surface area contributed by atoms with Crippen LogP contribution in [0, 0.1) is 10.1 Å². The van der Waals surface area contributed by atoms with E-state index in [1.54, 1.807) is 31.2 Å². The third-order valence-corrected chi connectivity index (χ3v) is 3.39. The second-order valence-electron chi connectivity index (χ2n) is 5.20. The van der Waals surface area contributed by atoms with Crippen molar-refractivity contribution in [1.82, 2.24) is 5.32 Å². The molecule has 0 radical (unpaired) electrons. The second-order valence-corrected chi connectivity index (χ2v) is 5.20. The van der Waals surface area contributed by atoms with Crippen molar-refractivity contribution < 1.29 is 19.2 Å². The molecular formula is C15H17N3O5. The largest absolute Gasteiger partial charge is 0.442 e. The lowest BCUT2D eigenvalue weighted by atomic mass is 10.1. The Morgan fingerprint density at radius 2 is 2.09 bits per heavy atom. The molecule has 122 valence electrons. The number of allylic oxidation sites excluding steroid dienone is 1. The van der Waals surface area contributed by atoms with Crippen molar-refractivity contribution in [2.45, 2.75) is 20.0 Å². The highest BCUT2D eigenvalue weighted by Crippen LogP contribution is 2.24. The van der Waals surface area contributed by atoms with E-state index in [4.69, 9.17) is 4.74 Å². The molecule has 0 bridgehead atoms. The number of benzene rings is 1. The third-order valence-electron chi connectivity index (χ3n) is 3.39. The van der Waals surface area contributed by atoms with Crippen LogP contribution in [0.25, 0.3) is 5.57 Å². The first-order valence-electron chi connectivity index (χ1n) is 7.01. The van der Waals surface area contributed by atoms with Crippen LogP contribution < -0.4 is 10.2 Å². The summed E-state index contributed by atoms with van der Waals surface area (Å²) in [6, 6.07) is 6.82. The van der Waals surface area contributed by atoms with Gasteiger partial charge >= 0.3 is 6.09 Å². The summed E-state index contributed by atoms with van der Waals surface area (Å²) < 4.78 is 5.18. The summed E-state index contributed by atoms with van der Waals surface area (Å²) in [5, 5.41) is 13.1. The number of rotatable bonds is 5. The molecule has 1 fully saturated rings. The normalized spacial score (nSPS) is 17.8. The fraction of sp³-hybridized carbons (Fsp3) is 0.333. The second kappa shape index (κ2) is 6.91. The molecule has 23 heavy (non-hydrogen) atoms. The number of cyclic esters (lactones) is 1. The van der Waals surface area contributed by atoms with Crippen molar-refractivity contribution in [3.05, 3.63) is 46.1 Å². The van der Waals surface area contributed by atoms with E-state index < -0.39 is 17.1 Å². The quantitative estimate of drug-likeness (QED) is 0.658. The molecule has 2 amide bonds. The zero-order valence-electron chi connectivity index (χ0n) is 12.8. The van der Waals surface area contributed by atoms with E-state index in [0.717, 1.165) is 6.20 Å². The number of nitrogens with zero attached hydrogens (tertiary/aromatic N) is 2. The molecule has 0 spiro atoms. The number of anilines is 1. The van der Waals surface area contributed by atoms with Gasteiger partial charge in [-0.1, -0.05) is 12.1 Å². The maximum absolute atomic E-state index is 11.9. The van der Waals surface area contributed by atoms with E-state index in [1.807, 2.05) is 0 Å². The van der Waals surface area contributed by atoms with Gasteiger partial charge in [-0.15, -0.1) is 0 Å². The van der Waals surface area contributed by atoms with Gasteiger partial charge in [0.1, 0.15) is 6.10 Å². The molecule has 1 aliphatic rings. The maximum atomic E-state index is 11.9. The number of nitro groups is 1. The van der Waals surface area contributed by atoms with Gasteiger partial charge in [0.15, 0.2) is 0 Å². The molecule has 0 saturated carbocycles. The summed E-state index contributed by atoms with van der Waals surface area (Å²) in [5.41, 5.74) is 1.86. The van der Waals surface area contributed by atoms with Crippen molar-refractivity contribution in [3.63, 3.8) is 0 Å². The zero-order chi connectivity index (χ0) is 17.0. The number of amides is 2. The molecule has 1 N–H and O–H groups in total. The number of hydrogen-bond acceptors (Lipinski definition) is 5. The Balaban J connectivity index is 2.06. The van der Waals surface area contributed by atoms with Crippen LogP contribution in [0.2, 0.25) is 0 Å². The highest BCUT2D eigenvalue weighted by molar-refractivity contribution is 5.90.